The summed E-state index contributed by atoms with van der Waals surface area (Å²) in [5, 5.41) is 3.24. The maximum absolute atomic E-state index is 12.7. The van der Waals surface area contributed by atoms with Crippen molar-refractivity contribution in [2.45, 2.75) is 56.4 Å². The molecule has 2 N–H and O–H groups in total. The lowest BCUT2D eigenvalue weighted by atomic mass is 9.87. The van der Waals surface area contributed by atoms with E-state index in [0.717, 1.165) is 50.8 Å². The van der Waals surface area contributed by atoms with E-state index in [2.05, 4.69) is 33.1 Å². The molecular weight excluding hydrogens is 434 g/mol. The monoisotopic (exact) mass is 469 g/mol. The number of carbonyl (C=O) groups excluding carboxylic acids is 1. The van der Waals surface area contributed by atoms with E-state index in [1.807, 2.05) is 25.1 Å². The van der Waals surface area contributed by atoms with Crippen LogP contribution in [0.5, 0.6) is 0 Å². The van der Waals surface area contributed by atoms with Gasteiger partial charge in [0.05, 0.1) is 10.9 Å². The Labute approximate surface area is 197 Å². The van der Waals surface area contributed by atoms with E-state index in [9.17, 15) is 13.2 Å². The molecule has 1 fully saturated rings. The van der Waals surface area contributed by atoms with Crippen LogP contribution >= 0.6 is 0 Å². The predicted molar refractivity (Wildman–Crippen MR) is 130 cm³/mol. The number of fused-ring (bicyclic) bond motifs is 1. The maximum atomic E-state index is 12.7. The molecule has 0 radical (unpaired) electrons. The van der Waals surface area contributed by atoms with Crippen molar-refractivity contribution < 1.29 is 13.2 Å². The third kappa shape index (κ3) is 6.43. The average Bonchev–Trinajstić information content (AvgIpc) is 2.82. The number of nitrogens with one attached hydrogen (secondary N) is 2. The summed E-state index contributed by atoms with van der Waals surface area (Å²) < 4.78 is 27.9. The third-order valence-electron chi connectivity index (χ3n) is 6.86. The molecule has 4 rings (SSSR count). The molecule has 1 heterocycles. The van der Waals surface area contributed by atoms with Gasteiger partial charge in [0, 0.05) is 26.1 Å². The fourth-order valence-electron chi connectivity index (χ4n) is 4.98. The Morgan fingerprint density at radius 2 is 1.85 bits per heavy atom. The van der Waals surface area contributed by atoms with Crippen LogP contribution < -0.4 is 10.0 Å². The number of amides is 1. The summed E-state index contributed by atoms with van der Waals surface area (Å²) in [5.74, 6) is 0.353. The standard InChI is InChI=1S/C26H35N3O3S/c1-20-11-13-23(14-12-20)33(31,32)27-18-21-6-5-16-29(19-21)17-15-26(30)28-25-10-4-8-22-7-2-3-9-24(22)25/h2-3,7,9,11-14,21,25,27H,4-6,8,10,15-19H2,1H3,(H,28,30). The summed E-state index contributed by atoms with van der Waals surface area (Å²) in [5.41, 5.74) is 3.64. The first-order valence-electron chi connectivity index (χ1n) is 12.1. The van der Waals surface area contributed by atoms with Crippen LogP contribution in [0.3, 0.4) is 0 Å². The van der Waals surface area contributed by atoms with Gasteiger partial charge in [0.25, 0.3) is 0 Å². The third-order valence-corrected chi connectivity index (χ3v) is 8.30. The van der Waals surface area contributed by atoms with E-state index < -0.39 is 10.0 Å². The van der Waals surface area contributed by atoms with Gasteiger partial charge in [0.2, 0.25) is 15.9 Å². The predicted octanol–water partition coefficient (Wildman–Crippen LogP) is 3.57. The lowest BCUT2D eigenvalue weighted by molar-refractivity contribution is -0.122. The summed E-state index contributed by atoms with van der Waals surface area (Å²) in [6.45, 7) is 4.85. The topological polar surface area (TPSA) is 78.5 Å². The van der Waals surface area contributed by atoms with Crippen molar-refractivity contribution in [3.63, 3.8) is 0 Å². The SMILES string of the molecule is Cc1ccc(S(=O)(=O)NCC2CCCN(CCC(=O)NC3CCCc4ccccc43)C2)cc1. The minimum Gasteiger partial charge on any atom is -0.349 e. The molecule has 1 amide bonds. The number of sulfonamides is 1. The Morgan fingerprint density at radius 3 is 2.67 bits per heavy atom. The molecular formula is C26H35N3O3S. The number of hydrogen-bond acceptors (Lipinski definition) is 4. The highest BCUT2D eigenvalue weighted by Crippen LogP contribution is 2.29. The molecule has 0 spiro atoms. The minimum atomic E-state index is -3.49. The normalized spacial score (nSPS) is 21.4. The van der Waals surface area contributed by atoms with Gasteiger partial charge in [-0.05, 0) is 74.8 Å². The van der Waals surface area contributed by atoms with Gasteiger partial charge in [-0.3, -0.25) is 4.79 Å². The molecule has 7 heteroatoms. The number of benzene rings is 2. The second kappa shape index (κ2) is 10.8. The highest BCUT2D eigenvalue weighted by atomic mass is 32.2. The Morgan fingerprint density at radius 1 is 1.06 bits per heavy atom. The van der Waals surface area contributed by atoms with Crippen LogP contribution in [0.1, 0.15) is 54.8 Å². The van der Waals surface area contributed by atoms with Gasteiger partial charge < -0.3 is 10.2 Å². The van der Waals surface area contributed by atoms with Crippen LogP contribution in [0.4, 0.5) is 0 Å². The van der Waals surface area contributed by atoms with E-state index in [0.29, 0.717) is 24.4 Å². The Balaban J connectivity index is 1.23. The Kier molecular flexibility index (Phi) is 7.83. The van der Waals surface area contributed by atoms with Crippen molar-refractivity contribution in [2.75, 3.05) is 26.2 Å². The summed E-state index contributed by atoms with van der Waals surface area (Å²) in [7, 11) is -3.49. The van der Waals surface area contributed by atoms with E-state index in [1.165, 1.54) is 11.1 Å². The lowest BCUT2D eigenvalue weighted by Gasteiger charge is -2.33. The molecule has 0 saturated carbocycles. The highest BCUT2D eigenvalue weighted by Gasteiger charge is 2.24. The zero-order valence-electron chi connectivity index (χ0n) is 19.4. The first kappa shape index (κ1) is 23.9. The van der Waals surface area contributed by atoms with Gasteiger partial charge in [-0.1, -0.05) is 42.0 Å². The fraction of sp³-hybridized carbons (Fsp3) is 0.500. The molecule has 1 saturated heterocycles. The fourth-order valence-corrected chi connectivity index (χ4v) is 6.10. The molecule has 33 heavy (non-hydrogen) atoms. The smallest absolute Gasteiger partial charge is 0.240 e. The quantitative estimate of drug-likeness (QED) is 0.620. The van der Waals surface area contributed by atoms with E-state index in [-0.39, 0.29) is 17.9 Å². The minimum absolute atomic E-state index is 0.0962. The Bertz CT molecular complexity index is 1050. The summed E-state index contributed by atoms with van der Waals surface area (Å²) in [6.07, 6.45) is 5.68. The van der Waals surface area contributed by atoms with Gasteiger partial charge >= 0.3 is 0 Å². The second-order valence-electron chi connectivity index (χ2n) is 9.43. The van der Waals surface area contributed by atoms with Crippen LogP contribution in [-0.2, 0) is 21.2 Å². The molecule has 2 unspecified atom stereocenters. The van der Waals surface area contributed by atoms with Crippen molar-refractivity contribution in [1.29, 1.82) is 0 Å². The number of hydrogen-bond donors (Lipinski definition) is 2. The maximum Gasteiger partial charge on any atom is 0.240 e. The van der Waals surface area contributed by atoms with Gasteiger partial charge in [-0.25, -0.2) is 13.1 Å². The molecule has 2 aliphatic rings. The lowest BCUT2D eigenvalue weighted by Crippen LogP contribution is -2.42. The van der Waals surface area contributed by atoms with Crippen LogP contribution in [0.2, 0.25) is 0 Å². The van der Waals surface area contributed by atoms with E-state index >= 15 is 0 Å². The number of aryl methyl sites for hydroxylation is 2. The van der Waals surface area contributed by atoms with Crippen molar-refractivity contribution in [1.82, 2.24) is 14.9 Å². The van der Waals surface area contributed by atoms with Crippen LogP contribution in [0.15, 0.2) is 53.4 Å². The van der Waals surface area contributed by atoms with Gasteiger partial charge in [-0.2, -0.15) is 0 Å². The Hall–Kier alpha value is -2.22. The zero-order chi connectivity index (χ0) is 23.3. The summed E-state index contributed by atoms with van der Waals surface area (Å²) in [4.78, 5) is 15.3. The molecule has 178 valence electrons. The van der Waals surface area contributed by atoms with Crippen LogP contribution in [0.25, 0.3) is 0 Å². The van der Waals surface area contributed by atoms with Gasteiger partial charge in [0.1, 0.15) is 0 Å². The first-order valence-corrected chi connectivity index (χ1v) is 13.5. The van der Waals surface area contributed by atoms with Gasteiger partial charge in [-0.15, -0.1) is 0 Å². The van der Waals surface area contributed by atoms with Crippen molar-refractivity contribution in [3.05, 3.63) is 65.2 Å². The number of likely N-dealkylation sites (tertiary alicyclic amines) is 1. The first-order chi connectivity index (χ1) is 15.9. The molecule has 0 aromatic heterocycles. The largest absolute Gasteiger partial charge is 0.349 e. The van der Waals surface area contributed by atoms with Gasteiger partial charge in [0.15, 0.2) is 0 Å². The highest BCUT2D eigenvalue weighted by molar-refractivity contribution is 7.89. The zero-order valence-corrected chi connectivity index (χ0v) is 20.2. The van der Waals surface area contributed by atoms with Crippen LogP contribution in [-0.4, -0.2) is 45.4 Å². The van der Waals surface area contributed by atoms with Crippen molar-refractivity contribution in [3.8, 4) is 0 Å². The van der Waals surface area contributed by atoms with E-state index in [4.69, 9.17) is 0 Å². The number of carbonyl (C=O) groups is 1. The van der Waals surface area contributed by atoms with Crippen molar-refractivity contribution >= 4 is 15.9 Å². The summed E-state index contributed by atoms with van der Waals surface area (Å²) >= 11 is 0. The average molecular weight is 470 g/mol. The number of rotatable bonds is 8. The molecule has 0 bridgehead atoms. The molecule has 1 aliphatic carbocycles. The second-order valence-corrected chi connectivity index (χ2v) is 11.2. The summed E-state index contributed by atoms with van der Waals surface area (Å²) in [6, 6.07) is 15.4. The molecule has 2 aromatic carbocycles. The molecule has 2 aromatic rings. The molecule has 2 atom stereocenters. The van der Waals surface area contributed by atoms with Crippen LogP contribution in [0, 0.1) is 12.8 Å². The number of piperidine rings is 1. The van der Waals surface area contributed by atoms with E-state index in [1.54, 1.807) is 12.1 Å². The molecule has 1 aliphatic heterocycles. The molecule has 6 nitrogen and oxygen atoms in total. The van der Waals surface area contributed by atoms with Crippen molar-refractivity contribution in [2.24, 2.45) is 5.92 Å². The number of nitrogens with zero attached hydrogens (tertiary/aromatic N) is 1.